The normalized spacial score (nSPS) is 9.89. The molecule has 0 atom stereocenters. The average Bonchev–Trinajstić information content (AvgIpc) is 2.32. The van der Waals surface area contributed by atoms with Crippen molar-refractivity contribution in [2.24, 2.45) is 0 Å². The highest BCUT2D eigenvalue weighted by Gasteiger charge is 2.02. The number of thioether (sulfide) groups is 1. The van der Waals surface area contributed by atoms with Crippen molar-refractivity contribution in [3.63, 3.8) is 0 Å². The Morgan fingerprint density at radius 1 is 1.28 bits per heavy atom. The van der Waals surface area contributed by atoms with Crippen molar-refractivity contribution in [2.75, 3.05) is 18.8 Å². The third-order valence-corrected chi connectivity index (χ3v) is 3.47. The lowest BCUT2D eigenvalue weighted by molar-refractivity contribution is -0.120. The summed E-state index contributed by atoms with van der Waals surface area (Å²) in [5.41, 5.74) is 0. The molecule has 0 aliphatic heterocycles. The molecule has 0 spiro atoms. The van der Waals surface area contributed by atoms with Crippen molar-refractivity contribution in [2.45, 2.75) is 11.8 Å². The third kappa shape index (κ3) is 6.66. The highest BCUT2D eigenvalue weighted by atomic mass is 79.9. The zero-order valence-electron chi connectivity index (χ0n) is 10.0. The van der Waals surface area contributed by atoms with Crippen LogP contribution in [0.5, 0.6) is 0 Å². The van der Waals surface area contributed by atoms with Gasteiger partial charge < -0.3 is 10.6 Å². The first-order chi connectivity index (χ1) is 8.58. The van der Waals surface area contributed by atoms with Crippen molar-refractivity contribution in [3.8, 4) is 0 Å². The molecule has 1 rings (SSSR count). The molecule has 4 nitrogen and oxygen atoms in total. The van der Waals surface area contributed by atoms with E-state index in [4.69, 9.17) is 0 Å². The molecule has 0 radical (unpaired) electrons. The van der Waals surface area contributed by atoms with Crippen LogP contribution >= 0.6 is 27.7 Å². The Balaban J connectivity index is 2.19. The SMILES string of the molecule is CC(=O)NCCNC(=O)CSc1cccc(Br)c1. The Labute approximate surface area is 119 Å². The minimum Gasteiger partial charge on any atom is -0.355 e. The van der Waals surface area contributed by atoms with E-state index < -0.39 is 0 Å². The largest absolute Gasteiger partial charge is 0.355 e. The molecule has 0 saturated heterocycles. The molecule has 0 bridgehead atoms. The lowest BCUT2D eigenvalue weighted by Crippen LogP contribution is -2.34. The van der Waals surface area contributed by atoms with Crippen molar-refractivity contribution in [1.29, 1.82) is 0 Å². The number of nitrogens with one attached hydrogen (secondary N) is 2. The molecule has 2 amide bonds. The lowest BCUT2D eigenvalue weighted by Gasteiger charge is -2.05. The maximum absolute atomic E-state index is 11.5. The standard InChI is InChI=1S/C12H15BrN2O2S/c1-9(16)14-5-6-15-12(17)8-18-11-4-2-3-10(13)7-11/h2-4,7H,5-6,8H2,1H3,(H,14,16)(H,15,17). The second-order valence-corrected chi connectivity index (χ2v) is 5.54. The molecule has 0 aliphatic rings. The number of amides is 2. The van der Waals surface area contributed by atoms with Crippen LogP contribution < -0.4 is 10.6 Å². The molecule has 0 aromatic heterocycles. The molecule has 98 valence electrons. The van der Waals surface area contributed by atoms with Gasteiger partial charge in [-0.1, -0.05) is 22.0 Å². The fraction of sp³-hybridized carbons (Fsp3) is 0.333. The van der Waals surface area contributed by atoms with E-state index in [-0.39, 0.29) is 11.8 Å². The maximum Gasteiger partial charge on any atom is 0.230 e. The predicted octanol–water partition coefficient (Wildman–Crippen LogP) is 1.79. The number of hydrogen-bond donors (Lipinski definition) is 2. The second-order valence-electron chi connectivity index (χ2n) is 3.58. The fourth-order valence-corrected chi connectivity index (χ4v) is 2.53. The van der Waals surface area contributed by atoms with Crippen molar-refractivity contribution < 1.29 is 9.59 Å². The first-order valence-corrected chi connectivity index (χ1v) is 7.25. The van der Waals surface area contributed by atoms with Crippen LogP contribution in [0.25, 0.3) is 0 Å². The summed E-state index contributed by atoms with van der Waals surface area (Å²) < 4.78 is 0.999. The monoisotopic (exact) mass is 330 g/mol. The summed E-state index contributed by atoms with van der Waals surface area (Å²) in [5, 5.41) is 5.35. The summed E-state index contributed by atoms with van der Waals surface area (Å²) in [6.07, 6.45) is 0. The van der Waals surface area contributed by atoms with Gasteiger partial charge in [0.2, 0.25) is 11.8 Å². The van der Waals surface area contributed by atoms with Crippen molar-refractivity contribution >= 4 is 39.5 Å². The Morgan fingerprint density at radius 2 is 2.00 bits per heavy atom. The number of carbonyl (C=O) groups is 2. The van der Waals surface area contributed by atoms with Gasteiger partial charge in [0.05, 0.1) is 5.75 Å². The minimum absolute atomic E-state index is 0.0367. The van der Waals surface area contributed by atoms with Gasteiger partial charge >= 0.3 is 0 Å². The second kappa shape index (κ2) is 8.16. The number of hydrogen-bond acceptors (Lipinski definition) is 3. The summed E-state index contributed by atoms with van der Waals surface area (Å²) in [6, 6.07) is 7.80. The molecule has 0 unspecified atom stereocenters. The third-order valence-electron chi connectivity index (χ3n) is 1.99. The highest BCUT2D eigenvalue weighted by molar-refractivity contribution is 9.10. The zero-order chi connectivity index (χ0) is 13.4. The Hall–Kier alpha value is -1.01. The summed E-state index contributed by atoms with van der Waals surface area (Å²) >= 11 is 4.86. The van der Waals surface area contributed by atoms with Crippen LogP contribution in [0, 0.1) is 0 Å². The van der Waals surface area contributed by atoms with Crippen LogP contribution in [0.2, 0.25) is 0 Å². The highest BCUT2D eigenvalue weighted by Crippen LogP contribution is 2.21. The summed E-state index contributed by atoms with van der Waals surface area (Å²) in [7, 11) is 0. The van der Waals surface area contributed by atoms with Gasteiger partial charge in [0, 0.05) is 29.4 Å². The van der Waals surface area contributed by atoms with E-state index >= 15 is 0 Å². The average molecular weight is 331 g/mol. The minimum atomic E-state index is -0.0900. The van der Waals surface area contributed by atoms with Crippen molar-refractivity contribution in [3.05, 3.63) is 28.7 Å². The van der Waals surface area contributed by atoms with Gasteiger partial charge in [-0.25, -0.2) is 0 Å². The van der Waals surface area contributed by atoms with Crippen LogP contribution in [-0.2, 0) is 9.59 Å². The molecular weight excluding hydrogens is 316 g/mol. The Kier molecular flexibility index (Phi) is 6.82. The molecule has 6 heteroatoms. The van der Waals surface area contributed by atoms with Gasteiger partial charge in [-0.3, -0.25) is 9.59 Å². The number of carbonyl (C=O) groups excluding carboxylic acids is 2. The van der Waals surface area contributed by atoms with E-state index in [2.05, 4.69) is 26.6 Å². The first-order valence-electron chi connectivity index (χ1n) is 5.47. The van der Waals surface area contributed by atoms with Gasteiger partial charge in [0.25, 0.3) is 0 Å². The molecule has 18 heavy (non-hydrogen) atoms. The van der Waals surface area contributed by atoms with Crippen molar-refractivity contribution in [1.82, 2.24) is 10.6 Å². The Bertz CT molecular complexity index is 426. The number of halogens is 1. The summed E-state index contributed by atoms with van der Waals surface area (Å²) in [6.45, 7) is 2.37. The Morgan fingerprint density at radius 3 is 2.67 bits per heavy atom. The van der Waals surface area contributed by atoms with Gasteiger partial charge in [-0.05, 0) is 18.2 Å². The quantitative estimate of drug-likeness (QED) is 0.617. The summed E-state index contributed by atoms with van der Waals surface area (Å²) in [5.74, 6) is 0.245. The first kappa shape index (κ1) is 15.0. The molecule has 1 aromatic carbocycles. The number of benzene rings is 1. The van der Waals surface area contributed by atoms with E-state index in [0.717, 1.165) is 9.37 Å². The molecule has 0 heterocycles. The molecule has 1 aromatic rings. The maximum atomic E-state index is 11.5. The fourth-order valence-electron chi connectivity index (χ4n) is 1.20. The van der Waals surface area contributed by atoms with Gasteiger partial charge in [-0.15, -0.1) is 11.8 Å². The van der Waals surface area contributed by atoms with Crippen LogP contribution in [-0.4, -0.2) is 30.7 Å². The van der Waals surface area contributed by atoms with Crippen LogP contribution in [0.3, 0.4) is 0 Å². The van der Waals surface area contributed by atoms with Gasteiger partial charge in [0.1, 0.15) is 0 Å². The smallest absolute Gasteiger partial charge is 0.230 e. The van der Waals surface area contributed by atoms with Crippen LogP contribution in [0.4, 0.5) is 0 Å². The predicted molar refractivity (Wildman–Crippen MR) is 76.6 cm³/mol. The summed E-state index contributed by atoms with van der Waals surface area (Å²) in [4.78, 5) is 23.1. The zero-order valence-corrected chi connectivity index (χ0v) is 12.4. The molecular formula is C12H15BrN2O2S. The lowest BCUT2D eigenvalue weighted by atomic mass is 10.4. The van der Waals surface area contributed by atoms with E-state index in [1.165, 1.54) is 18.7 Å². The van der Waals surface area contributed by atoms with E-state index in [1.807, 2.05) is 24.3 Å². The molecule has 0 fully saturated rings. The van der Waals surface area contributed by atoms with Crippen LogP contribution in [0.1, 0.15) is 6.92 Å². The topological polar surface area (TPSA) is 58.2 Å². The van der Waals surface area contributed by atoms with E-state index in [0.29, 0.717) is 18.8 Å². The number of rotatable bonds is 6. The van der Waals surface area contributed by atoms with Gasteiger partial charge in [-0.2, -0.15) is 0 Å². The molecule has 0 aliphatic carbocycles. The van der Waals surface area contributed by atoms with E-state index in [9.17, 15) is 9.59 Å². The molecule has 0 saturated carbocycles. The molecule has 2 N–H and O–H groups in total. The van der Waals surface area contributed by atoms with Crippen LogP contribution in [0.15, 0.2) is 33.6 Å². The van der Waals surface area contributed by atoms with E-state index in [1.54, 1.807) is 0 Å². The van der Waals surface area contributed by atoms with Gasteiger partial charge in [0.15, 0.2) is 0 Å².